The molecule has 0 heterocycles. The van der Waals surface area contributed by atoms with Gasteiger partial charge in [-0.05, 0) is 31.6 Å². The van der Waals surface area contributed by atoms with Crippen molar-refractivity contribution in [3.8, 4) is 0 Å². The maximum absolute atomic E-state index is 13.4. The summed E-state index contributed by atoms with van der Waals surface area (Å²) in [6.07, 6.45) is 1.77. The molecule has 2 rings (SSSR count). The molecule has 0 radical (unpaired) electrons. The Hall–Kier alpha value is -0.670. The van der Waals surface area contributed by atoms with Gasteiger partial charge in [0.25, 0.3) is 5.92 Å². The summed E-state index contributed by atoms with van der Waals surface area (Å²) in [4.78, 5) is 10.7. The van der Waals surface area contributed by atoms with Gasteiger partial charge in [-0.25, -0.2) is 8.78 Å². The molecular formula is C10H14F2O2. The zero-order valence-corrected chi connectivity index (χ0v) is 7.88. The first-order valence-corrected chi connectivity index (χ1v) is 5.11. The fraction of sp³-hybridized carbons (Fsp3) is 0.900. The summed E-state index contributed by atoms with van der Waals surface area (Å²) >= 11 is 0. The molecule has 2 nitrogen and oxygen atoms in total. The molecule has 0 aliphatic heterocycles. The van der Waals surface area contributed by atoms with E-state index in [-0.39, 0.29) is 25.2 Å². The smallest absolute Gasteiger partial charge is 0.306 e. The predicted molar refractivity (Wildman–Crippen MR) is 46.1 cm³/mol. The second kappa shape index (κ2) is 3.17. The van der Waals surface area contributed by atoms with E-state index in [0.717, 1.165) is 12.8 Å². The number of carbonyl (C=O) groups is 1. The number of hydrogen-bond donors (Lipinski definition) is 1. The average Bonchev–Trinajstić information content (AvgIpc) is 2.86. The van der Waals surface area contributed by atoms with Crippen molar-refractivity contribution in [2.45, 2.75) is 38.0 Å². The molecule has 0 spiro atoms. The number of aliphatic carboxylic acids is 1. The van der Waals surface area contributed by atoms with Crippen LogP contribution >= 0.6 is 0 Å². The van der Waals surface area contributed by atoms with Crippen molar-refractivity contribution in [3.05, 3.63) is 0 Å². The van der Waals surface area contributed by atoms with E-state index in [1.807, 2.05) is 0 Å². The lowest BCUT2D eigenvalue weighted by Gasteiger charge is -2.34. The van der Waals surface area contributed by atoms with Gasteiger partial charge < -0.3 is 5.11 Å². The van der Waals surface area contributed by atoms with Crippen LogP contribution in [0.2, 0.25) is 0 Å². The largest absolute Gasteiger partial charge is 0.481 e. The Balaban J connectivity index is 2.05. The summed E-state index contributed by atoms with van der Waals surface area (Å²) in [7, 11) is 0. The van der Waals surface area contributed by atoms with E-state index in [9.17, 15) is 13.6 Å². The van der Waals surface area contributed by atoms with Gasteiger partial charge in [0.1, 0.15) is 0 Å². The third-order valence-corrected chi connectivity index (χ3v) is 3.45. The highest BCUT2D eigenvalue weighted by atomic mass is 19.3. The van der Waals surface area contributed by atoms with E-state index in [1.54, 1.807) is 0 Å². The number of rotatable bonds is 2. The number of halogens is 2. The molecular weight excluding hydrogens is 190 g/mol. The third-order valence-electron chi connectivity index (χ3n) is 3.45. The molecule has 2 unspecified atom stereocenters. The van der Waals surface area contributed by atoms with Gasteiger partial charge >= 0.3 is 5.97 Å². The van der Waals surface area contributed by atoms with Crippen molar-refractivity contribution >= 4 is 5.97 Å². The van der Waals surface area contributed by atoms with Crippen LogP contribution < -0.4 is 0 Å². The molecule has 1 N–H and O–H groups in total. The first kappa shape index (κ1) is 9.87. The highest BCUT2D eigenvalue weighted by Crippen LogP contribution is 2.52. The second-order valence-electron chi connectivity index (χ2n) is 4.51. The Morgan fingerprint density at radius 3 is 2.43 bits per heavy atom. The topological polar surface area (TPSA) is 37.3 Å². The summed E-state index contributed by atoms with van der Waals surface area (Å²) in [6, 6.07) is 0. The first-order valence-electron chi connectivity index (χ1n) is 5.11. The fourth-order valence-corrected chi connectivity index (χ4v) is 2.41. The summed E-state index contributed by atoms with van der Waals surface area (Å²) < 4.78 is 26.8. The Bertz CT molecular complexity index is 249. The van der Waals surface area contributed by atoms with E-state index in [0.29, 0.717) is 0 Å². The fourth-order valence-electron chi connectivity index (χ4n) is 2.41. The van der Waals surface area contributed by atoms with Crippen LogP contribution in [0.4, 0.5) is 8.78 Å². The minimum absolute atomic E-state index is 0.0900. The molecule has 2 aliphatic carbocycles. The van der Waals surface area contributed by atoms with Crippen molar-refractivity contribution in [2.24, 2.45) is 17.8 Å². The van der Waals surface area contributed by atoms with Crippen molar-refractivity contribution in [1.82, 2.24) is 0 Å². The molecule has 0 aromatic rings. The molecule has 14 heavy (non-hydrogen) atoms. The lowest BCUT2D eigenvalue weighted by molar-refractivity contribution is -0.152. The van der Waals surface area contributed by atoms with Crippen LogP contribution in [0.5, 0.6) is 0 Å². The van der Waals surface area contributed by atoms with E-state index >= 15 is 0 Å². The molecule has 2 atom stereocenters. The Morgan fingerprint density at radius 1 is 1.29 bits per heavy atom. The molecule has 0 aromatic heterocycles. The predicted octanol–water partition coefficient (Wildman–Crippen LogP) is 2.53. The van der Waals surface area contributed by atoms with Crippen LogP contribution in [0.15, 0.2) is 0 Å². The maximum Gasteiger partial charge on any atom is 0.306 e. The van der Waals surface area contributed by atoms with Gasteiger partial charge in [-0.15, -0.1) is 0 Å². The van der Waals surface area contributed by atoms with Crippen LogP contribution in [0.25, 0.3) is 0 Å². The van der Waals surface area contributed by atoms with Crippen molar-refractivity contribution in [1.29, 1.82) is 0 Å². The summed E-state index contributed by atoms with van der Waals surface area (Å²) in [5.41, 5.74) is 0. The van der Waals surface area contributed by atoms with Gasteiger partial charge in [-0.2, -0.15) is 0 Å². The number of carboxylic acid groups (broad SMARTS) is 1. The van der Waals surface area contributed by atoms with Gasteiger partial charge in [0.05, 0.1) is 5.92 Å². The van der Waals surface area contributed by atoms with Crippen LogP contribution in [-0.4, -0.2) is 17.0 Å². The monoisotopic (exact) mass is 204 g/mol. The molecule has 0 bridgehead atoms. The van der Waals surface area contributed by atoms with E-state index in [1.165, 1.54) is 0 Å². The van der Waals surface area contributed by atoms with E-state index in [2.05, 4.69) is 0 Å². The Morgan fingerprint density at radius 2 is 1.93 bits per heavy atom. The van der Waals surface area contributed by atoms with Gasteiger partial charge in [0.15, 0.2) is 0 Å². The van der Waals surface area contributed by atoms with E-state index in [4.69, 9.17) is 5.11 Å². The first-order chi connectivity index (χ1) is 6.50. The quantitative estimate of drug-likeness (QED) is 0.750. The van der Waals surface area contributed by atoms with Crippen LogP contribution in [0.3, 0.4) is 0 Å². The molecule has 4 heteroatoms. The lowest BCUT2D eigenvalue weighted by atomic mass is 9.76. The summed E-state index contributed by atoms with van der Waals surface area (Å²) in [5, 5.41) is 8.78. The van der Waals surface area contributed by atoms with Crippen molar-refractivity contribution < 1.29 is 18.7 Å². The van der Waals surface area contributed by atoms with Gasteiger partial charge in [-0.1, -0.05) is 0 Å². The summed E-state index contributed by atoms with van der Waals surface area (Å²) in [6.45, 7) is 0. The zero-order chi connectivity index (χ0) is 10.3. The lowest BCUT2D eigenvalue weighted by Crippen LogP contribution is -2.38. The zero-order valence-electron chi connectivity index (χ0n) is 7.88. The van der Waals surface area contributed by atoms with Crippen LogP contribution in [0.1, 0.15) is 32.1 Å². The highest BCUT2D eigenvalue weighted by Gasteiger charge is 2.52. The van der Waals surface area contributed by atoms with E-state index < -0.39 is 23.7 Å². The third kappa shape index (κ3) is 1.74. The summed E-state index contributed by atoms with van der Waals surface area (Å²) in [5.74, 6) is -4.65. The molecule has 0 aromatic carbocycles. The molecule has 2 saturated carbocycles. The van der Waals surface area contributed by atoms with Gasteiger partial charge in [-0.3, -0.25) is 4.79 Å². The Labute approximate surface area is 81.3 Å². The van der Waals surface area contributed by atoms with Crippen LogP contribution in [-0.2, 0) is 4.79 Å². The number of carboxylic acids is 1. The highest BCUT2D eigenvalue weighted by molar-refractivity contribution is 5.70. The van der Waals surface area contributed by atoms with Crippen LogP contribution in [0, 0.1) is 17.8 Å². The number of hydrogen-bond acceptors (Lipinski definition) is 1. The SMILES string of the molecule is O=C(O)C1CCC(F)(F)C(C2CC2)C1. The molecule has 2 fully saturated rings. The molecule has 0 saturated heterocycles. The normalized spacial score (nSPS) is 36.7. The standard InChI is InChI=1S/C10H14F2O2/c11-10(12)4-3-7(9(13)14)5-8(10)6-1-2-6/h6-8H,1-5H2,(H,13,14). The number of alkyl halides is 2. The molecule has 80 valence electrons. The second-order valence-corrected chi connectivity index (χ2v) is 4.51. The van der Waals surface area contributed by atoms with Gasteiger partial charge in [0.2, 0.25) is 0 Å². The minimum Gasteiger partial charge on any atom is -0.481 e. The molecule has 2 aliphatic rings. The Kier molecular flexibility index (Phi) is 2.24. The maximum atomic E-state index is 13.4. The van der Waals surface area contributed by atoms with Crippen molar-refractivity contribution in [3.63, 3.8) is 0 Å². The average molecular weight is 204 g/mol. The van der Waals surface area contributed by atoms with Crippen molar-refractivity contribution in [2.75, 3.05) is 0 Å². The van der Waals surface area contributed by atoms with Gasteiger partial charge in [0, 0.05) is 12.3 Å². The molecule has 0 amide bonds. The minimum atomic E-state index is -2.62.